The zero-order chi connectivity index (χ0) is 31.3. The molecule has 0 saturated heterocycles. The van der Waals surface area contributed by atoms with E-state index in [9.17, 15) is 19.5 Å². The van der Waals surface area contributed by atoms with Crippen molar-refractivity contribution in [3.8, 4) is 0 Å². The van der Waals surface area contributed by atoms with Gasteiger partial charge in [0.05, 0.1) is 11.8 Å². The van der Waals surface area contributed by atoms with Crippen molar-refractivity contribution in [1.29, 1.82) is 0 Å². The van der Waals surface area contributed by atoms with Gasteiger partial charge in [0, 0.05) is 10.8 Å². The minimum absolute atomic E-state index is 0.101. The molecule has 0 aliphatic heterocycles. The summed E-state index contributed by atoms with van der Waals surface area (Å²) in [6.45, 7) is 22.8. The molecule has 0 amide bonds. The molecule has 5 nitrogen and oxygen atoms in total. The quantitative estimate of drug-likeness (QED) is 0.258. The molecule has 42 heavy (non-hydrogen) atoms. The van der Waals surface area contributed by atoms with Crippen LogP contribution in [0.15, 0.2) is 0 Å². The van der Waals surface area contributed by atoms with E-state index in [0.29, 0.717) is 29.6 Å². The lowest BCUT2D eigenvalue weighted by Crippen LogP contribution is -2.67. The van der Waals surface area contributed by atoms with Crippen LogP contribution >= 0.6 is 0 Å². The molecule has 5 aliphatic carbocycles. The van der Waals surface area contributed by atoms with Crippen LogP contribution in [0, 0.1) is 67.5 Å². The number of aliphatic carboxylic acids is 1. The molecule has 10 atom stereocenters. The molecule has 0 spiro atoms. The Morgan fingerprint density at radius 2 is 1.48 bits per heavy atom. The maximum atomic E-state index is 13.0. The van der Waals surface area contributed by atoms with Gasteiger partial charge in [0.2, 0.25) is 0 Å². The maximum Gasteiger partial charge on any atom is 0.309 e. The lowest BCUT2D eigenvalue weighted by Gasteiger charge is -2.73. The summed E-state index contributed by atoms with van der Waals surface area (Å²) in [5.74, 6) is 1.42. The number of ether oxygens (including phenoxy) is 1. The Bertz CT molecular complexity index is 1120. The first kappa shape index (κ1) is 32.0. The summed E-state index contributed by atoms with van der Waals surface area (Å²) in [7, 11) is 0. The Morgan fingerprint density at radius 3 is 2.07 bits per heavy atom. The number of rotatable bonds is 5. The van der Waals surface area contributed by atoms with Gasteiger partial charge in [0.25, 0.3) is 0 Å². The van der Waals surface area contributed by atoms with Gasteiger partial charge in [-0.25, -0.2) is 0 Å². The van der Waals surface area contributed by atoms with Crippen LogP contribution < -0.4 is 0 Å². The lowest BCUT2D eigenvalue weighted by molar-refractivity contribution is -0.250. The van der Waals surface area contributed by atoms with Gasteiger partial charge < -0.3 is 14.6 Å². The fourth-order valence-electron chi connectivity index (χ4n) is 12.6. The van der Waals surface area contributed by atoms with E-state index in [-0.39, 0.29) is 51.0 Å². The molecule has 5 saturated carbocycles. The number of carbonyl (C=O) groups is 3. The number of hydrogen-bond acceptors (Lipinski definition) is 4. The number of aldehydes is 1. The number of fused-ring (bicyclic) bond motifs is 7. The summed E-state index contributed by atoms with van der Waals surface area (Å²) in [6, 6.07) is 0. The van der Waals surface area contributed by atoms with Crippen molar-refractivity contribution < 1.29 is 24.2 Å². The molecule has 0 aromatic heterocycles. The molecule has 0 aromatic carbocycles. The minimum atomic E-state index is -1.13. The van der Waals surface area contributed by atoms with Crippen molar-refractivity contribution in [3.63, 3.8) is 0 Å². The zero-order valence-corrected chi connectivity index (χ0v) is 28.4. The second-order valence-corrected chi connectivity index (χ2v) is 18.8. The third-order valence-corrected chi connectivity index (χ3v) is 15.2. The van der Waals surface area contributed by atoms with Gasteiger partial charge in [0.1, 0.15) is 12.4 Å². The van der Waals surface area contributed by atoms with Crippen molar-refractivity contribution >= 4 is 18.2 Å². The van der Waals surface area contributed by atoms with Crippen LogP contribution in [0.4, 0.5) is 0 Å². The average molecular weight is 585 g/mol. The minimum Gasteiger partial charge on any atom is -0.481 e. The van der Waals surface area contributed by atoms with Crippen LogP contribution in [0.2, 0.25) is 0 Å². The number of hydrogen-bond donors (Lipinski definition) is 1. The predicted molar refractivity (Wildman–Crippen MR) is 166 cm³/mol. The van der Waals surface area contributed by atoms with E-state index in [0.717, 1.165) is 32.1 Å². The highest BCUT2D eigenvalue weighted by Gasteiger charge is 2.71. The van der Waals surface area contributed by atoms with Gasteiger partial charge in [-0.2, -0.15) is 0 Å². The Kier molecular flexibility index (Phi) is 7.47. The lowest BCUT2D eigenvalue weighted by atomic mass is 9.32. The molecule has 238 valence electrons. The van der Waals surface area contributed by atoms with Gasteiger partial charge in [-0.3, -0.25) is 9.59 Å². The highest BCUT2D eigenvalue weighted by Crippen LogP contribution is 2.77. The first-order valence-corrected chi connectivity index (χ1v) is 17.1. The molecule has 0 heterocycles. The van der Waals surface area contributed by atoms with Crippen LogP contribution in [0.5, 0.6) is 0 Å². The highest BCUT2D eigenvalue weighted by molar-refractivity contribution is 5.81. The largest absolute Gasteiger partial charge is 0.481 e. The van der Waals surface area contributed by atoms with Gasteiger partial charge in [-0.1, -0.05) is 55.4 Å². The van der Waals surface area contributed by atoms with Crippen molar-refractivity contribution in [2.75, 3.05) is 0 Å². The molecular weight excluding hydrogens is 524 g/mol. The Balaban J connectivity index is 1.42. The van der Waals surface area contributed by atoms with Gasteiger partial charge in [-0.15, -0.1) is 0 Å². The summed E-state index contributed by atoms with van der Waals surface area (Å²) in [5, 5.41) is 9.53. The van der Waals surface area contributed by atoms with Crippen LogP contribution in [-0.2, 0) is 19.1 Å². The Morgan fingerprint density at radius 1 is 0.810 bits per heavy atom. The standard InChI is InChI=1S/C37H60O5/c1-31(2,3)23-13-18-37(22-38)20-19-35(9)24(29(23)37)11-12-26-34(8)16-15-27(42-28(39)21-32(4,5)30(40)41)33(6,7)25(34)14-17-36(26,35)10/h22-27,29H,11-21H2,1-10H3,(H,40,41)/t23-,24?,25?,26?,27+,29?,34+,35-,36-,37-/m1/s1. The van der Waals surface area contributed by atoms with Gasteiger partial charge >= 0.3 is 11.9 Å². The third-order valence-electron chi connectivity index (χ3n) is 15.2. The average Bonchev–Trinajstić information content (AvgIpc) is 3.27. The van der Waals surface area contributed by atoms with Crippen LogP contribution in [0.25, 0.3) is 0 Å². The van der Waals surface area contributed by atoms with Crippen molar-refractivity contribution in [1.82, 2.24) is 0 Å². The summed E-state index contributed by atoms with van der Waals surface area (Å²) >= 11 is 0. The summed E-state index contributed by atoms with van der Waals surface area (Å²) in [4.78, 5) is 37.4. The van der Waals surface area contributed by atoms with E-state index in [1.807, 2.05) is 0 Å². The molecule has 5 heteroatoms. The van der Waals surface area contributed by atoms with Gasteiger partial charge in [-0.05, 0) is 129 Å². The summed E-state index contributed by atoms with van der Waals surface area (Å²) in [5.41, 5.74) is -0.571. The van der Waals surface area contributed by atoms with E-state index in [2.05, 4.69) is 55.4 Å². The predicted octanol–water partition coefficient (Wildman–Crippen LogP) is 8.73. The molecule has 5 aliphatic rings. The summed E-state index contributed by atoms with van der Waals surface area (Å²) in [6.07, 6.45) is 12.3. The molecule has 5 rings (SSSR count). The zero-order valence-electron chi connectivity index (χ0n) is 28.4. The fourth-order valence-corrected chi connectivity index (χ4v) is 12.6. The molecular formula is C37H60O5. The normalized spacial score (nSPS) is 46.4. The SMILES string of the molecule is CC(C)(CC(=O)O[C@H]1CC[C@@]2(C)C(CC[C@]3(C)C2CCC2C4[C@H](C(C)(C)C)CC[C@]4(C=O)CC[C@]23C)C1(C)C)C(=O)O. The van der Waals surface area contributed by atoms with E-state index in [4.69, 9.17) is 4.74 Å². The van der Waals surface area contributed by atoms with Crippen molar-refractivity contribution in [2.45, 2.75) is 146 Å². The highest BCUT2D eigenvalue weighted by atomic mass is 16.5. The first-order chi connectivity index (χ1) is 19.2. The molecule has 5 fully saturated rings. The number of carboxylic acid groups (broad SMARTS) is 1. The van der Waals surface area contributed by atoms with E-state index < -0.39 is 11.4 Å². The smallest absolute Gasteiger partial charge is 0.309 e. The first-order valence-electron chi connectivity index (χ1n) is 17.1. The number of carboxylic acids is 1. The molecule has 1 N–H and O–H groups in total. The van der Waals surface area contributed by atoms with Crippen LogP contribution in [0.3, 0.4) is 0 Å². The topological polar surface area (TPSA) is 80.7 Å². The molecule has 4 unspecified atom stereocenters. The Labute approximate surface area is 255 Å². The second kappa shape index (κ2) is 9.80. The van der Waals surface area contributed by atoms with Crippen LogP contribution in [0.1, 0.15) is 140 Å². The monoisotopic (exact) mass is 584 g/mol. The van der Waals surface area contributed by atoms with Crippen molar-refractivity contribution in [2.24, 2.45) is 67.5 Å². The molecule has 0 radical (unpaired) electrons. The second-order valence-electron chi connectivity index (χ2n) is 18.8. The Hall–Kier alpha value is -1.39. The molecule has 0 aromatic rings. The fraction of sp³-hybridized carbons (Fsp3) is 0.919. The summed E-state index contributed by atoms with van der Waals surface area (Å²) < 4.78 is 6.13. The van der Waals surface area contributed by atoms with E-state index in [1.165, 1.54) is 38.4 Å². The van der Waals surface area contributed by atoms with E-state index >= 15 is 0 Å². The number of esters is 1. The molecule has 0 bridgehead atoms. The maximum absolute atomic E-state index is 13.0. The van der Waals surface area contributed by atoms with Gasteiger partial charge in [0.15, 0.2) is 0 Å². The third kappa shape index (κ3) is 4.38. The van der Waals surface area contributed by atoms with Crippen molar-refractivity contribution in [3.05, 3.63) is 0 Å². The van der Waals surface area contributed by atoms with Crippen LogP contribution in [-0.4, -0.2) is 29.4 Å². The van der Waals surface area contributed by atoms with E-state index in [1.54, 1.807) is 13.8 Å². The number of carbonyl (C=O) groups excluding carboxylic acids is 2.